The lowest BCUT2D eigenvalue weighted by atomic mass is 10.1. The molecule has 0 aliphatic rings. The summed E-state index contributed by atoms with van der Waals surface area (Å²) in [6, 6.07) is 4.63. The van der Waals surface area contributed by atoms with Crippen LogP contribution in [0.15, 0.2) is 23.1 Å². The van der Waals surface area contributed by atoms with Crippen LogP contribution in [0.3, 0.4) is 0 Å². The van der Waals surface area contributed by atoms with Gasteiger partial charge in [-0.3, -0.25) is 0 Å². The molecule has 1 atom stereocenters. The lowest BCUT2D eigenvalue weighted by Crippen LogP contribution is -2.41. The average molecular weight is 300 g/mol. The van der Waals surface area contributed by atoms with Gasteiger partial charge >= 0.3 is 0 Å². The van der Waals surface area contributed by atoms with Crippen LogP contribution in [0, 0.1) is 23.1 Å². The second-order valence-electron chi connectivity index (χ2n) is 4.65. The summed E-state index contributed by atoms with van der Waals surface area (Å²) in [6.45, 7) is 3.86. The number of hydrogen-bond acceptors (Lipinski definition) is 4. The Labute approximate surface area is 118 Å². The fourth-order valence-electron chi connectivity index (χ4n) is 1.64. The van der Waals surface area contributed by atoms with E-state index in [0.717, 1.165) is 6.07 Å². The summed E-state index contributed by atoms with van der Waals surface area (Å²) in [5.41, 5.74) is -0.486. The van der Waals surface area contributed by atoms with E-state index in [4.69, 9.17) is 10.00 Å². The molecular formula is C13H17FN2O3S. The molecule has 0 saturated carbocycles. The van der Waals surface area contributed by atoms with Crippen molar-refractivity contribution in [1.29, 1.82) is 5.26 Å². The first-order valence-corrected chi connectivity index (χ1v) is 7.51. The summed E-state index contributed by atoms with van der Waals surface area (Å²) in [5, 5.41) is 8.90. The third-order valence-electron chi connectivity index (χ3n) is 2.83. The number of hydrogen-bond donors (Lipinski definition) is 1. The highest BCUT2D eigenvalue weighted by Gasteiger charge is 2.26. The number of methoxy groups -OCH3 is 1. The Morgan fingerprint density at radius 3 is 2.60 bits per heavy atom. The van der Waals surface area contributed by atoms with Gasteiger partial charge in [0.25, 0.3) is 0 Å². The van der Waals surface area contributed by atoms with E-state index in [2.05, 4.69) is 4.72 Å². The maximum atomic E-state index is 13.5. The molecular weight excluding hydrogens is 283 g/mol. The van der Waals surface area contributed by atoms with E-state index in [1.165, 1.54) is 19.2 Å². The summed E-state index contributed by atoms with van der Waals surface area (Å²) in [7, 11) is -2.52. The standard InChI is InChI=1S/C13H17FN2O3S/c1-9(2)12(8-19-3)16-20(17,18)13-6-4-5-11(14)10(13)7-15/h4-6,9,12,16H,8H2,1-3H3. The van der Waals surface area contributed by atoms with Gasteiger partial charge in [0.15, 0.2) is 0 Å². The Bertz CT molecular complexity index is 609. The second kappa shape index (κ2) is 6.79. The van der Waals surface area contributed by atoms with Crippen LogP contribution in [0.5, 0.6) is 0 Å². The first-order chi connectivity index (χ1) is 9.33. The van der Waals surface area contributed by atoms with Crippen molar-refractivity contribution in [1.82, 2.24) is 4.72 Å². The van der Waals surface area contributed by atoms with Gasteiger partial charge in [-0.05, 0) is 18.1 Å². The monoisotopic (exact) mass is 300 g/mol. The van der Waals surface area contributed by atoms with Crippen LogP contribution in [-0.4, -0.2) is 28.2 Å². The van der Waals surface area contributed by atoms with Crippen LogP contribution in [0.1, 0.15) is 19.4 Å². The molecule has 1 rings (SSSR count). The van der Waals surface area contributed by atoms with Crippen molar-refractivity contribution < 1.29 is 17.5 Å². The zero-order valence-corrected chi connectivity index (χ0v) is 12.4. The van der Waals surface area contributed by atoms with Crippen molar-refractivity contribution in [3.63, 3.8) is 0 Å². The molecule has 7 heteroatoms. The van der Waals surface area contributed by atoms with Crippen molar-refractivity contribution in [3.8, 4) is 6.07 Å². The van der Waals surface area contributed by atoms with E-state index in [1.54, 1.807) is 6.07 Å². The Kier molecular flexibility index (Phi) is 5.62. The first-order valence-electron chi connectivity index (χ1n) is 6.03. The number of ether oxygens (including phenoxy) is 1. The molecule has 0 bridgehead atoms. The van der Waals surface area contributed by atoms with Gasteiger partial charge in [-0.25, -0.2) is 17.5 Å². The van der Waals surface area contributed by atoms with Gasteiger partial charge in [-0.2, -0.15) is 5.26 Å². The van der Waals surface area contributed by atoms with Crippen LogP contribution in [0.25, 0.3) is 0 Å². The zero-order valence-electron chi connectivity index (χ0n) is 11.6. The van der Waals surface area contributed by atoms with Crippen LogP contribution >= 0.6 is 0 Å². The van der Waals surface area contributed by atoms with Gasteiger partial charge in [0.05, 0.1) is 6.61 Å². The number of nitriles is 1. The third kappa shape index (κ3) is 3.76. The Morgan fingerprint density at radius 2 is 2.10 bits per heavy atom. The highest BCUT2D eigenvalue weighted by molar-refractivity contribution is 7.89. The van der Waals surface area contributed by atoms with E-state index in [-0.39, 0.29) is 17.4 Å². The van der Waals surface area contributed by atoms with E-state index < -0.39 is 27.4 Å². The van der Waals surface area contributed by atoms with Gasteiger partial charge in [0.2, 0.25) is 10.0 Å². The average Bonchev–Trinajstić information content (AvgIpc) is 2.37. The van der Waals surface area contributed by atoms with Gasteiger partial charge < -0.3 is 4.74 Å². The molecule has 0 aromatic heterocycles. The molecule has 0 amide bonds. The molecule has 0 fully saturated rings. The van der Waals surface area contributed by atoms with Gasteiger partial charge in [0.1, 0.15) is 22.3 Å². The molecule has 110 valence electrons. The molecule has 0 saturated heterocycles. The largest absolute Gasteiger partial charge is 0.383 e. The van der Waals surface area contributed by atoms with Crippen LogP contribution in [-0.2, 0) is 14.8 Å². The second-order valence-corrected chi connectivity index (χ2v) is 6.33. The number of nitrogens with one attached hydrogen (secondary N) is 1. The van der Waals surface area contributed by atoms with E-state index in [1.807, 2.05) is 13.8 Å². The minimum Gasteiger partial charge on any atom is -0.383 e. The molecule has 0 radical (unpaired) electrons. The molecule has 1 N–H and O–H groups in total. The van der Waals surface area contributed by atoms with Crippen molar-refractivity contribution in [2.45, 2.75) is 24.8 Å². The minimum atomic E-state index is -3.98. The maximum Gasteiger partial charge on any atom is 0.242 e. The van der Waals surface area contributed by atoms with E-state index in [0.29, 0.717) is 0 Å². The fraction of sp³-hybridized carbons (Fsp3) is 0.462. The molecule has 0 heterocycles. The fourth-order valence-corrected chi connectivity index (χ4v) is 3.18. The predicted molar refractivity (Wildman–Crippen MR) is 71.9 cm³/mol. The number of sulfonamides is 1. The first kappa shape index (κ1) is 16.6. The normalized spacial score (nSPS) is 13.2. The van der Waals surface area contributed by atoms with Gasteiger partial charge in [0, 0.05) is 13.2 Å². The molecule has 0 aliphatic heterocycles. The van der Waals surface area contributed by atoms with Crippen LogP contribution < -0.4 is 4.72 Å². The summed E-state index contributed by atoms with van der Waals surface area (Å²) in [5.74, 6) is -0.868. The highest BCUT2D eigenvalue weighted by atomic mass is 32.2. The lowest BCUT2D eigenvalue weighted by molar-refractivity contribution is 0.157. The minimum absolute atomic E-state index is 0.0104. The summed E-state index contributed by atoms with van der Waals surface area (Å²) in [4.78, 5) is -0.359. The molecule has 0 spiro atoms. The predicted octanol–water partition coefficient (Wildman–Crippen LogP) is 1.65. The lowest BCUT2D eigenvalue weighted by Gasteiger charge is -2.21. The Morgan fingerprint density at radius 1 is 1.45 bits per heavy atom. The van der Waals surface area contributed by atoms with E-state index in [9.17, 15) is 12.8 Å². The third-order valence-corrected chi connectivity index (χ3v) is 4.37. The molecule has 1 unspecified atom stereocenters. The maximum absolute atomic E-state index is 13.5. The van der Waals surface area contributed by atoms with E-state index >= 15 is 0 Å². The van der Waals surface area contributed by atoms with Gasteiger partial charge in [-0.15, -0.1) is 0 Å². The van der Waals surface area contributed by atoms with Crippen molar-refractivity contribution in [2.24, 2.45) is 5.92 Å². The summed E-state index contributed by atoms with van der Waals surface area (Å²) in [6.07, 6.45) is 0. The van der Waals surface area contributed by atoms with Crippen molar-refractivity contribution >= 4 is 10.0 Å². The molecule has 0 aliphatic carbocycles. The van der Waals surface area contributed by atoms with Crippen LogP contribution in [0.2, 0.25) is 0 Å². The molecule has 20 heavy (non-hydrogen) atoms. The van der Waals surface area contributed by atoms with Crippen LogP contribution in [0.4, 0.5) is 4.39 Å². The Balaban J connectivity index is 3.18. The van der Waals surface area contributed by atoms with Crippen molar-refractivity contribution in [3.05, 3.63) is 29.6 Å². The summed E-state index contributed by atoms with van der Waals surface area (Å²) >= 11 is 0. The number of halogens is 1. The quantitative estimate of drug-likeness (QED) is 0.866. The highest BCUT2D eigenvalue weighted by Crippen LogP contribution is 2.19. The summed E-state index contributed by atoms with van der Waals surface area (Å²) < 4.78 is 45.4. The zero-order chi connectivity index (χ0) is 15.3. The topological polar surface area (TPSA) is 79.2 Å². The molecule has 1 aromatic carbocycles. The Hall–Kier alpha value is -1.49. The SMILES string of the molecule is COCC(NS(=O)(=O)c1cccc(F)c1C#N)C(C)C. The smallest absolute Gasteiger partial charge is 0.242 e. The van der Waals surface area contributed by atoms with Crippen molar-refractivity contribution in [2.75, 3.05) is 13.7 Å². The molecule has 5 nitrogen and oxygen atoms in total. The number of benzene rings is 1. The van der Waals surface area contributed by atoms with Gasteiger partial charge in [-0.1, -0.05) is 19.9 Å². The molecule has 1 aromatic rings. The number of nitrogens with zero attached hydrogens (tertiary/aromatic N) is 1. The number of rotatable bonds is 6.